The van der Waals surface area contributed by atoms with Crippen LogP contribution in [0.15, 0.2) is 30.5 Å². The van der Waals surface area contributed by atoms with Crippen LogP contribution in [-0.2, 0) is 0 Å². The third-order valence-corrected chi connectivity index (χ3v) is 3.48. The van der Waals surface area contributed by atoms with Gasteiger partial charge in [0.15, 0.2) is 5.82 Å². The first-order chi connectivity index (χ1) is 10.7. The second-order valence-corrected chi connectivity index (χ2v) is 5.70. The Balaban J connectivity index is 1.94. The van der Waals surface area contributed by atoms with Crippen molar-refractivity contribution in [3.8, 4) is 0 Å². The highest BCUT2D eigenvalue weighted by molar-refractivity contribution is 5.54. The van der Waals surface area contributed by atoms with E-state index in [9.17, 15) is 0 Å². The maximum Gasteiger partial charge on any atom is 0.249 e. The monoisotopic (exact) mass is 299 g/mol. The summed E-state index contributed by atoms with van der Waals surface area (Å²) in [5.41, 5.74) is 2.28. The summed E-state index contributed by atoms with van der Waals surface area (Å²) in [6.07, 6.45) is 5.22. The van der Waals surface area contributed by atoms with Gasteiger partial charge in [-0.05, 0) is 30.0 Å². The van der Waals surface area contributed by atoms with Crippen molar-refractivity contribution in [3.05, 3.63) is 36.0 Å². The molecular weight excluding hydrogens is 274 g/mol. The average molecular weight is 299 g/mol. The van der Waals surface area contributed by atoms with Crippen molar-refractivity contribution in [2.45, 2.75) is 46.0 Å². The molecule has 0 amide bonds. The number of nitrogens with one attached hydrogen (secondary N) is 2. The Morgan fingerprint density at radius 3 is 2.55 bits per heavy atom. The summed E-state index contributed by atoms with van der Waals surface area (Å²) < 4.78 is 0. The van der Waals surface area contributed by atoms with Gasteiger partial charge in [-0.3, -0.25) is 0 Å². The number of rotatable bonds is 8. The van der Waals surface area contributed by atoms with Crippen LogP contribution in [0.25, 0.3) is 0 Å². The number of benzene rings is 1. The van der Waals surface area contributed by atoms with E-state index in [0.717, 1.165) is 24.5 Å². The van der Waals surface area contributed by atoms with Crippen LogP contribution in [0.2, 0.25) is 0 Å². The third kappa shape index (κ3) is 4.98. The standard InChI is InChI=1S/C17H25N5/c1-4-5-6-11-18-16-12-19-22-17(21-16)20-15-9-7-14(8-10-15)13(2)3/h7-10,12-13H,4-6,11H2,1-3H3,(H2,18,20,21,22). The molecule has 0 bridgehead atoms. The fourth-order valence-electron chi connectivity index (χ4n) is 2.11. The quantitative estimate of drug-likeness (QED) is 0.710. The van der Waals surface area contributed by atoms with E-state index in [0.29, 0.717) is 11.9 Å². The molecule has 0 fully saturated rings. The van der Waals surface area contributed by atoms with Gasteiger partial charge in [-0.1, -0.05) is 45.7 Å². The molecule has 0 atom stereocenters. The van der Waals surface area contributed by atoms with Gasteiger partial charge in [0.2, 0.25) is 5.95 Å². The molecule has 5 heteroatoms. The van der Waals surface area contributed by atoms with Gasteiger partial charge >= 0.3 is 0 Å². The molecule has 2 N–H and O–H groups in total. The smallest absolute Gasteiger partial charge is 0.249 e. The zero-order valence-electron chi connectivity index (χ0n) is 13.6. The van der Waals surface area contributed by atoms with E-state index in [4.69, 9.17) is 0 Å². The number of unbranched alkanes of at least 4 members (excludes halogenated alkanes) is 2. The lowest BCUT2D eigenvalue weighted by Gasteiger charge is -2.09. The zero-order chi connectivity index (χ0) is 15.8. The highest BCUT2D eigenvalue weighted by atomic mass is 15.3. The summed E-state index contributed by atoms with van der Waals surface area (Å²) in [5, 5.41) is 14.5. The topological polar surface area (TPSA) is 62.7 Å². The number of anilines is 3. The minimum absolute atomic E-state index is 0.512. The number of hydrogen-bond acceptors (Lipinski definition) is 5. The van der Waals surface area contributed by atoms with Crippen LogP contribution in [0.3, 0.4) is 0 Å². The molecule has 0 saturated carbocycles. The van der Waals surface area contributed by atoms with Crippen molar-refractivity contribution >= 4 is 17.5 Å². The van der Waals surface area contributed by atoms with E-state index < -0.39 is 0 Å². The van der Waals surface area contributed by atoms with Crippen LogP contribution in [-0.4, -0.2) is 21.7 Å². The predicted molar refractivity (Wildman–Crippen MR) is 91.7 cm³/mol. The second kappa shape index (κ2) is 8.32. The van der Waals surface area contributed by atoms with Crippen molar-refractivity contribution in [1.29, 1.82) is 0 Å². The molecule has 0 aliphatic heterocycles. The lowest BCUT2D eigenvalue weighted by atomic mass is 10.0. The lowest BCUT2D eigenvalue weighted by Crippen LogP contribution is -2.06. The second-order valence-electron chi connectivity index (χ2n) is 5.70. The van der Waals surface area contributed by atoms with Crippen molar-refractivity contribution in [3.63, 3.8) is 0 Å². The van der Waals surface area contributed by atoms with E-state index in [2.05, 4.69) is 58.7 Å². The first-order valence-corrected chi connectivity index (χ1v) is 7.99. The minimum Gasteiger partial charge on any atom is -0.369 e. The molecule has 0 aliphatic carbocycles. The van der Waals surface area contributed by atoms with Crippen LogP contribution in [0.5, 0.6) is 0 Å². The molecule has 0 aliphatic rings. The van der Waals surface area contributed by atoms with E-state index in [1.54, 1.807) is 6.20 Å². The summed E-state index contributed by atoms with van der Waals surface area (Å²) in [5.74, 6) is 1.80. The Kier molecular flexibility index (Phi) is 6.13. The Labute approximate surface area is 132 Å². The summed E-state index contributed by atoms with van der Waals surface area (Å²) in [4.78, 5) is 4.43. The van der Waals surface area contributed by atoms with Gasteiger partial charge < -0.3 is 10.6 Å². The fraction of sp³-hybridized carbons (Fsp3) is 0.471. The molecule has 2 rings (SSSR count). The Bertz CT molecular complexity index is 566. The molecule has 0 spiro atoms. The van der Waals surface area contributed by atoms with Gasteiger partial charge in [0.25, 0.3) is 0 Å². The van der Waals surface area contributed by atoms with Crippen LogP contribution in [0, 0.1) is 0 Å². The maximum absolute atomic E-state index is 4.43. The molecule has 0 radical (unpaired) electrons. The summed E-state index contributed by atoms with van der Waals surface area (Å²) in [7, 11) is 0. The predicted octanol–water partition coefficient (Wildman–Crippen LogP) is 4.34. The molecule has 5 nitrogen and oxygen atoms in total. The first-order valence-electron chi connectivity index (χ1n) is 7.99. The van der Waals surface area contributed by atoms with Gasteiger partial charge in [-0.2, -0.15) is 10.1 Å². The van der Waals surface area contributed by atoms with E-state index >= 15 is 0 Å². The molecule has 22 heavy (non-hydrogen) atoms. The molecule has 1 heterocycles. The van der Waals surface area contributed by atoms with E-state index in [-0.39, 0.29) is 0 Å². The SMILES string of the molecule is CCCCCNc1cnnc(Nc2ccc(C(C)C)cc2)n1. The molecule has 1 aromatic carbocycles. The number of hydrogen-bond donors (Lipinski definition) is 2. The summed E-state index contributed by atoms with van der Waals surface area (Å²) in [6.45, 7) is 7.47. The molecule has 1 aromatic heterocycles. The summed E-state index contributed by atoms with van der Waals surface area (Å²) in [6, 6.07) is 8.32. The molecular formula is C17H25N5. The molecule has 0 unspecified atom stereocenters. The van der Waals surface area contributed by atoms with Crippen LogP contribution in [0.4, 0.5) is 17.5 Å². The normalized spacial score (nSPS) is 10.7. The Morgan fingerprint density at radius 1 is 1.09 bits per heavy atom. The highest BCUT2D eigenvalue weighted by Gasteiger charge is 2.03. The fourth-order valence-corrected chi connectivity index (χ4v) is 2.11. The number of nitrogens with zero attached hydrogens (tertiary/aromatic N) is 3. The summed E-state index contributed by atoms with van der Waals surface area (Å²) >= 11 is 0. The van der Waals surface area contributed by atoms with Gasteiger partial charge in [0, 0.05) is 12.2 Å². The van der Waals surface area contributed by atoms with Gasteiger partial charge in [0.1, 0.15) is 0 Å². The van der Waals surface area contributed by atoms with Crippen LogP contribution >= 0.6 is 0 Å². The van der Waals surface area contributed by atoms with Gasteiger partial charge in [-0.25, -0.2) is 0 Å². The molecule has 2 aromatic rings. The zero-order valence-corrected chi connectivity index (χ0v) is 13.6. The molecule has 0 saturated heterocycles. The highest BCUT2D eigenvalue weighted by Crippen LogP contribution is 2.19. The minimum atomic E-state index is 0.512. The maximum atomic E-state index is 4.43. The lowest BCUT2D eigenvalue weighted by molar-refractivity contribution is 0.741. The van der Waals surface area contributed by atoms with Crippen molar-refractivity contribution in [2.24, 2.45) is 0 Å². The van der Waals surface area contributed by atoms with Crippen molar-refractivity contribution in [2.75, 3.05) is 17.2 Å². The third-order valence-electron chi connectivity index (χ3n) is 3.48. The first kappa shape index (κ1) is 16.2. The van der Waals surface area contributed by atoms with Crippen LogP contribution < -0.4 is 10.6 Å². The molecule has 118 valence electrons. The van der Waals surface area contributed by atoms with Crippen molar-refractivity contribution in [1.82, 2.24) is 15.2 Å². The average Bonchev–Trinajstić information content (AvgIpc) is 2.52. The van der Waals surface area contributed by atoms with Gasteiger partial charge in [-0.15, -0.1) is 5.10 Å². The Morgan fingerprint density at radius 2 is 1.86 bits per heavy atom. The van der Waals surface area contributed by atoms with Gasteiger partial charge in [0.05, 0.1) is 6.20 Å². The number of aromatic nitrogens is 3. The van der Waals surface area contributed by atoms with E-state index in [1.807, 2.05) is 12.1 Å². The van der Waals surface area contributed by atoms with Crippen LogP contribution in [0.1, 0.15) is 51.5 Å². The van der Waals surface area contributed by atoms with E-state index in [1.165, 1.54) is 18.4 Å². The van der Waals surface area contributed by atoms with Crippen molar-refractivity contribution < 1.29 is 0 Å². The largest absolute Gasteiger partial charge is 0.369 e. The Hall–Kier alpha value is -2.17.